The van der Waals surface area contributed by atoms with Crippen LogP contribution in [-0.2, 0) is 38.1 Å². The summed E-state index contributed by atoms with van der Waals surface area (Å²) in [7, 11) is 4.72. The molecule has 0 radical (unpaired) electrons. The molecule has 3 fully saturated rings. The number of hydrogen-bond acceptors (Lipinski definition) is 11. The Kier molecular flexibility index (Phi) is 16.4. The molecule has 4 rings (SSSR count). The SMILES string of the molecule is CC[C@@H]1/C=C(\C)C[C@H](C)C[C@H](OC)[C@H]2O[C@@](O)(C(=O)C(=O)N3CCCC[C@H]3C(=O)O[C@H](/C(C)=C/[C@@H]3CC[C@@H](O)[C@H](OC)C3)[C@H](C)/C=C/C1=N)[C@H](C)C[C@@H]2OC. The van der Waals surface area contributed by atoms with Gasteiger partial charge >= 0.3 is 5.97 Å². The number of esters is 1. The minimum atomic E-state index is -2.46. The van der Waals surface area contributed by atoms with Crippen LogP contribution < -0.4 is 0 Å². The minimum absolute atomic E-state index is 0.0921. The van der Waals surface area contributed by atoms with Gasteiger partial charge in [-0.25, -0.2) is 4.79 Å². The molecule has 310 valence electrons. The Balaban J connectivity index is 1.76. The number of hydrogen-bond donors (Lipinski definition) is 3. The number of fused-ring (bicyclic) bond motifs is 3. The van der Waals surface area contributed by atoms with Crippen LogP contribution in [0, 0.1) is 35.0 Å². The predicted molar refractivity (Wildman–Crippen MR) is 209 cm³/mol. The molecule has 3 N–H and O–H groups in total. The van der Waals surface area contributed by atoms with Gasteiger partial charge in [-0.3, -0.25) is 9.59 Å². The summed E-state index contributed by atoms with van der Waals surface area (Å²) in [6, 6.07) is -1.04. The van der Waals surface area contributed by atoms with Gasteiger partial charge in [-0.05, 0) is 102 Å². The van der Waals surface area contributed by atoms with Crippen LogP contribution in [0.1, 0.15) is 106 Å². The highest BCUT2D eigenvalue weighted by Gasteiger charge is 2.56. The van der Waals surface area contributed by atoms with E-state index >= 15 is 0 Å². The van der Waals surface area contributed by atoms with Gasteiger partial charge in [-0.1, -0.05) is 51.5 Å². The molecule has 13 atom stereocenters. The summed E-state index contributed by atoms with van der Waals surface area (Å²) >= 11 is 0. The van der Waals surface area contributed by atoms with E-state index in [0.717, 1.165) is 30.4 Å². The Morgan fingerprint density at radius 2 is 1.67 bits per heavy atom. The summed E-state index contributed by atoms with van der Waals surface area (Å²) in [5.74, 6) is -6.23. The fourth-order valence-electron chi connectivity index (χ4n) is 9.12. The first-order valence-electron chi connectivity index (χ1n) is 20.4. The smallest absolute Gasteiger partial charge is 0.329 e. The van der Waals surface area contributed by atoms with Gasteiger partial charge in [-0.15, -0.1) is 0 Å². The van der Waals surface area contributed by atoms with E-state index in [-0.39, 0.29) is 42.7 Å². The lowest BCUT2D eigenvalue weighted by atomic mass is 9.82. The van der Waals surface area contributed by atoms with E-state index in [1.54, 1.807) is 34.3 Å². The number of cyclic esters (lactones) is 1. The number of nitrogens with one attached hydrogen (secondary N) is 1. The highest BCUT2D eigenvalue weighted by molar-refractivity contribution is 6.39. The van der Waals surface area contributed by atoms with Crippen molar-refractivity contribution in [3.63, 3.8) is 0 Å². The number of piperidine rings is 1. The normalized spacial score (nSPS) is 41.0. The number of carbonyl (C=O) groups excluding carboxylic acids is 3. The zero-order chi connectivity index (χ0) is 40.6. The average Bonchev–Trinajstić information content (AvgIpc) is 3.17. The third-order valence-corrected chi connectivity index (χ3v) is 12.4. The van der Waals surface area contributed by atoms with Crippen LogP contribution in [0.15, 0.2) is 35.5 Å². The number of rotatable bonds is 6. The zero-order valence-electron chi connectivity index (χ0n) is 34.6. The van der Waals surface area contributed by atoms with E-state index in [2.05, 4.69) is 32.9 Å². The van der Waals surface area contributed by atoms with Crippen molar-refractivity contribution >= 4 is 23.4 Å². The minimum Gasteiger partial charge on any atom is -0.456 e. The largest absolute Gasteiger partial charge is 0.456 e. The molecule has 0 aromatic heterocycles. The Bertz CT molecular complexity index is 1440. The molecule has 3 heterocycles. The molecule has 12 heteroatoms. The van der Waals surface area contributed by atoms with E-state index in [4.69, 9.17) is 29.1 Å². The van der Waals surface area contributed by atoms with Crippen LogP contribution >= 0.6 is 0 Å². The second-order valence-electron chi connectivity index (χ2n) is 16.7. The number of ketones is 1. The molecular weight excluding hydrogens is 704 g/mol. The van der Waals surface area contributed by atoms with Crippen LogP contribution in [0.2, 0.25) is 0 Å². The molecule has 4 aliphatic rings. The monoisotopic (exact) mass is 772 g/mol. The van der Waals surface area contributed by atoms with Crippen molar-refractivity contribution in [1.29, 1.82) is 5.41 Å². The number of ether oxygens (including phenoxy) is 5. The van der Waals surface area contributed by atoms with Crippen LogP contribution in [0.4, 0.5) is 0 Å². The maximum Gasteiger partial charge on any atom is 0.329 e. The first-order valence-corrected chi connectivity index (χ1v) is 20.4. The van der Waals surface area contributed by atoms with Crippen molar-refractivity contribution in [2.75, 3.05) is 27.9 Å². The highest BCUT2D eigenvalue weighted by atomic mass is 16.7. The summed E-state index contributed by atoms with van der Waals surface area (Å²) in [6.07, 6.45) is 10.2. The summed E-state index contributed by atoms with van der Waals surface area (Å²) in [5, 5.41) is 31.5. The molecule has 2 bridgehead atoms. The molecule has 1 amide bonds. The number of carbonyl (C=O) groups is 3. The van der Waals surface area contributed by atoms with Gasteiger partial charge in [-0.2, -0.15) is 0 Å². The van der Waals surface area contributed by atoms with Crippen LogP contribution in [0.25, 0.3) is 0 Å². The molecule has 0 unspecified atom stereocenters. The first-order chi connectivity index (χ1) is 26.1. The maximum absolute atomic E-state index is 14.3. The molecular formula is C43H68N2O10. The second kappa shape index (κ2) is 20.1. The lowest BCUT2D eigenvalue weighted by Gasteiger charge is -2.47. The molecule has 3 aliphatic heterocycles. The van der Waals surface area contributed by atoms with Crippen molar-refractivity contribution in [2.24, 2.45) is 29.6 Å². The summed E-state index contributed by atoms with van der Waals surface area (Å²) < 4.78 is 29.9. The van der Waals surface area contributed by atoms with E-state index in [1.165, 1.54) is 4.90 Å². The maximum atomic E-state index is 14.3. The van der Waals surface area contributed by atoms with Crippen LogP contribution in [0.5, 0.6) is 0 Å². The first kappa shape index (κ1) is 45.0. The average molecular weight is 773 g/mol. The Morgan fingerprint density at radius 1 is 1.00 bits per heavy atom. The van der Waals surface area contributed by atoms with Crippen LogP contribution in [0.3, 0.4) is 0 Å². The highest BCUT2D eigenvalue weighted by Crippen LogP contribution is 2.39. The number of nitrogens with zero attached hydrogens (tertiary/aromatic N) is 1. The van der Waals surface area contributed by atoms with Gasteiger partial charge in [0.05, 0.1) is 24.4 Å². The number of allylic oxidation sites excluding steroid dienone is 4. The lowest BCUT2D eigenvalue weighted by molar-refractivity contribution is -0.302. The van der Waals surface area contributed by atoms with E-state index in [9.17, 15) is 24.6 Å². The zero-order valence-corrected chi connectivity index (χ0v) is 34.6. The quantitative estimate of drug-likeness (QED) is 0.173. The predicted octanol–water partition coefficient (Wildman–Crippen LogP) is 5.73. The Hall–Kier alpha value is -2.74. The Labute approximate surface area is 328 Å². The summed E-state index contributed by atoms with van der Waals surface area (Å²) in [4.78, 5) is 43.9. The molecule has 1 aliphatic carbocycles. The fraction of sp³-hybridized carbons (Fsp3) is 0.767. The third-order valence-electron chi connectivity index (χ3n) is 12.4. The Morgan fingerprint density at radius 3 is 2.33 bits per heavy atom. The summed E-state index contributed by atoms with van der Waals surface area (Å²) in [6.45, 7) is 11.9. The van der Waals surface area contributed by atoms with Gasteiger partial charge in [0.1, 0.15) is 18.2 Å². The van der Waals surface area contributed by atoms with Crippen molar-refractivity contribution in [3.05, 3.63) is 35.5 Å². The standard InChI is InChI=1S/C43H68N2O10/c1-10-31-20-25(2)19-26(3)21-36(52-8)39-37(53-9)23-29(6)43(50,55-39)40(47)41(48)45-18-12-11-13-33(45)42(49)54-38(27(4)14-16-32(31)44)28(5)22-30-15-17-34(46)35(24-30)51-7/h14,16,20,22,26-27,29-31,33-39,44,46,50H,10-13,15,17-19,21,23-24H2,1-9H3/b16-14+,25-20+,28-22+,44-32?/t26-,27+,29+,30-,31+,33-,34+,35+,36-,37-,38-,39+,43+/m0/s1. The molecule has 0 aromatic carbocycles. The second-order valence-corrected chi connectivity index (χ2v) is 16.7. The topological polar surface area (TPSA) is 165 Å². The molecule has 0 aromatic rings. The van der Waals surface area contributed by atoms with E-state index < -0.39 is 65.9 Å². The van der Waals surface area contributed by atoms with Crippen molar-refractivity contribution in [2.45, 2.75) is 154 Å². The van der Waals surface area contributed by atoms with Crippen molar-refractivity contribution in [3.8, 4) is 0 Å². The number of aliphatic hydroxyl groups is 2. The summed E-state index contributed by atoms with van der Waals surface area (Å²) in [5.41, 5.74) is 2.39. The molecule has 2 saturated heterocycles. The molecule has 0 spiro atoms. The number of methoxy groups -OCH3 is 3. The molecule has 55 heavy (non-hydrogen) atoms. The number of amides is 1. The van der Waals surface area contributed by atoms with Crippen molar-refractivity contribution in [1.82, 2.24) is 4.90 Å². The van der Waals surface area contributed by atoms with E-state index in [0.29, 0.717) is 44.2 Å². The third kappa shape index (κ3) is 10.8. The fourth-order valence-corrected chi connectivity index (χ4v) is 9.12. The van der Waals surface area contributed by atoms with E-state index in [1.807, 2.05) is 19.9 Å². The molecule has 1 saturated carbocycles. The number of aliphatic hydroxyl groups excluding tert-OH is 1. The van der Waals surface area contributed by atoms with Gasteiger partial charge in [0.2, 0.25) is 5.79 Å². The van der Waals surface area contributed by atoms with Crippen LogP contribution in [-0.4, -0.2) is 115 Å². The van der Waals surface area contributed by atoms with Gasteiger partial charge in [0, 0.05) is 51.3 Å². The lowest BCUT2D eigenvalue weighted by Crippen LogP contribution is -2.64. The van der Waals surface area contributed by atoms with Gasteiger partial charge in [0.15, 0.2) is 0 Å². The molecule has 12 nitrogen and oxygen atoms in total. The van der Waals surface area contributed by atoms with Gasteiger partial charge < -0.3 is 44.2 Å². The number of Topliss-reactive ketones (excluding diaryl/α,β-unsaturated/α-hetero) is 1. The van der Waals surface area contributed by atoms with Crippen molar-refractivity contribution < 1.29 is 48.3 Å². The van der Waals surface area contributed by atoms with Gasteiger partial charge in [0.25, 0.3) is 11.7 Å².